The maximum absolute atomic E-state index is 3.53. The summed E-state index contributed by atoms with van der Waals surface area (Å²) in [6.07, 6.45) is 1.21. The van der Waals surface area contributed by atoms with Crippen molar-refractivity contribution in [2.75, 3.05) is 11.1 Å². The molecule has 0 aromatic heterocycles. The molecule has 0 amide bonds. The lowest BCUT2D eigenvalue weighted by molar-refractivity contribution is 1.02. The van der Waals surface area contributed by atoms with Crippen molar-refractivity contribution in [2.45, 2.75) is 26.1 Å². The van der Waals surface area contributed by atoms with Crippen molar-refractivity contribution in [3.8, 4) is 0 Å². The molecule has 1 nitrogen and oxygen atoms in total. The summed E-state index contributed by atoms with van der Waals surface area (Å²) in [5.41, 5.74) is 2.97. The van der Waals surface area contributed by atoms with Gasteiger partial charge in [0.25, 0.3) is 0 Å². The van der Waals surface area contributed by atoms with E-state index in [-0.39, 0.29) is 0 Å². The van der Waals surface area contributed by atoms with Gasteiger partial charge in [-0.2, -0.15) is 0 Å². The van der Waals surface area contributed by atoms with Gasteiger partial charge in [-0.25, -0.2) is 0 Å². The fourth-order valence-electron chi connectivity index (χ4n) is 2.07. The van der Waals surface area contributed by atoms with Crippen LogP contribution >= 0.6 is 15.9 Å². The maximum Gasteiger partial charge on any atom is 0.147 e. The number of anilines is 1. The van der Waals surface area contributed by atoms with Crippen LogP contribution in [0.2, 0.25) is 19.6 Å². The Kier molecular flexibility index (Phi) is 2.47. The van der Waals surface area contributed by atoms with Crippen LogP contribution in [0, 0.1) is 0 Å². The summed E-state index contributed by atoms with van der Waals surface area (Å²) in [5, 5.41) is 0. The lowest BCUT2D eigenvalue weighted by Crippen LogP contribution is -2.45. The normalized spacial score (nSPS) is 15.9. The van der Waals surface area contributed by atoms with Gasteiger partial charge in [-0.3, -0.25) is 0 Å². The summed E-state index contributed by atoms with van der Waals surface area (Å²) in [5.74, 6) is 0. The summed E-state index contributed by atoms with van der Waals surface area (Å²) in [6, 6.07) is 6.66. The van der Waals surface area contributed by atoms with Crippen LogP contribution in [0.1, 0.15) is 5.56 Å². The number of fused-ring (bicyclic) bond motifs is 1. The minimum Gasteiger partial charge on any atom is -0.397 e. The number of nitrogens with zero attached hydrogens (tertiary/aromatic N) is 1. The highest BCUT2D eigenvalue weighted by atomic mass is 79.9. The van der Waals surface area contributed by atoms with Crippen LogP contribution in [-0.2, 0) is 6.42 Å². The van der Waals surface area contributed by atoms with Crippen LogP contribution in [0.15, 0.2) is 22.7 Å². The molecule has 0 saturated heterocycles. The number of rotatable bonds is 1. The van der Waals surface area contributed by atoms with Gasteiger partial charge in [-0.05, 0) is 30.2 Å². The highest BCUT2D eigenvalue weighted by molar-refractivity contribution is 9.10. The summed E-state index contributed by atoms with van der Waals surface area (Å²) in [4.78, 5) is 0. The van der Waals surface area contributed by atoms with Crippen molar-refractivity contribution in [3.05, 3.63) is 28.2 Å². The smallest absolute Gasteiger partial charge is 0.147 e. The minimum absolute atomic E-state index is 1.17. The Hall–Kier alpha value is -0.283. The molecule has 0 saturated carbocycles. The number of hydrogen-bond donors (Lipinski definition) is 0. The zero-order valence-electron chi connectivity index (χ0n) is 8.97. The van der Waals surface area contributed by atoms with E-state index in [0.717, 1.165) is 0 Å². The number of benzene rings is 1. The largest absolute Gasteiger partial charge is 0.397 e. The molecule has 0 fully saturated rings. The van der Waals surface area contributed by atoms with Gasteiger partial charge < -0.3 is 4.57 Å². The van der Waals surface area contributed by atoms with E-state index < -0.39 is 8.24 Å². The van der Waals surface area contributed by atoms with Gasteiger partial charge in [0.1, 0.15) is 8.24 Å². The second-order valence-corrected chi connectivity index (χ2v) is 10.6. The lowest BCUT2D eigenvalue weighted by Gasteiger charge is -2.32. The first-order valence-electron chi connectivity index (χ1n) is 5.04. The fraction of sp³-hybridized carbons (Fsp3) is 0.455. The van der Waals surface area contributed by atoms with Crippen LogP contribution in [0.5, 0.6) is 0 Å². The average molecular weight is 270 g/mol. The molecule has 1 aliphatic rings. The second-order valence-electron chi connectivity index (χ2n) is 4.85. The van der Waals surface area contributed by atoms with Gasteiger partial charge in [0.15, 0.2) is 0 Å². The standard InChI is InChI=1S/C11H16BrNSi/c1-14(2,3)13-7-6-9-8-10(12)4-5-11(9)13/h4-5,8H,6-7H2,1-3H3. The summed E-state index contributed by atoms with van der Waals surface area (Å²) < 4.78 is 3.82. The molecular weight excluding hydrogens is 254 g/mol. The van der Waals surface area contributed by atoms with E-state index in [9.17, 15) is 0 Å². The zero-order chi connectivity index (χ0) is 10.3. The molecule has 1 aromatic carbocycles. The molecule has 0 N–H and O–H groups in total. The molecular formula is C11H16BrNSi. The predicted octanol–water partition coefficient (Wildman–Crippen LogP) is 3.65. The Morgan fingerprint density at radius 3 is 2.64 bits per heavy atom. The van der Waals surface area contributed by atoms with Crippen molar-refractivity contribution in [2.24, 2.45) is 0 Å². The molecule has 0 aliphatic carbocycles. The van der Waals surface area contributed by atoms with Crippen molar-refractivity contribution >= 4 is 29.9 Å². The zero-order valence-corrected chi connectivity index (χ0v) is 11.6. The van der Waals surface area contributed by atoms with Crippen LogP contribution in [0.25, 0.3) is 0 Å². The highest BCUT2D eigenvalue weighted by Gasteiger charge is 2.29. The van der Waals surface area contributed by atoms with Gasteiger partial charge in [0.05, 0.1) is 0 Å². The van der Waals surface area contributed by atoms with Crippen LogP contribution < -0.4 is 4.57 Å². The molecule has 0 radical (unpaired) electrons. The lowest BCUT2D eigenvalue weighted by atomic mass is 10.2. The SMILES string of the molecule is C[Si](C)(C)N1CCc2cc(Br)ccc21. The van der Waals surface area contributed by atoms with E-state index in [2.05, 4.69) is 58.3 Å². The Morgan fingerprint density at radius 1 is 1.29 bits per heavy atom. The number of hydrogen-bond acceptors (Lipinski definition) is 1. The average Bonchev–Trinajstić information content (AvgIpc) is 2.45. The first-order valence-corrected chi connectivity index (χ1v) is 9.28. The van der Waals surface area contributed by atoms with Crippen molar-refractivity contribution in [3.63, 3.8) is 0 Å². The molecule has 76 valence electrons. The molecule has 2 rings (SSSR count). The third-order valence-electron chi connectivity index (χ3n) is 2.75. The topological polar surface area (TPSA) is 3.24 Å². The quantitative estimate of drug-likeness (QED) is 0.704. The molecule has 0 bridgehead atoms. The summed E-state index contributed by atoms with van der Waals surface area (Å²) in [6.45, 7) is 8.43. The van der Waals surface area contributed by atoms with E-state index in [1.54, 1.807) is 0 Å². The summed E-state index contributed by atoms with van der Waals surface area (Å²) in [7, 11) is -1.17. The Balaban J connectivity index is 2.41. The van der Waals surface area contributed by atoms with E-state index >= 15 is 0 Å². The van der Waals surface area contributed by atoms with Crippen molar-refractivity contribution in [1.82, 2.24) is 0 Å². The molecule has 3 heteroatoms. The Labute approximate surface area is 95.3 Å². The first-order chi connectivity index (χ1) is 6.48. The summed E-state index contributed by atoms with van der Waals surface area (Å²) >= 11 is 3.53. The highest BCUT2D eigenvalue weighted by Crippen LogP contribution is 2.33. The van der Waals surface area contributed by atoms with Crippen LogP contribution in [0.3, 0.4) is 0 Å². The maximum atomic E-state index is 3.53. The van der Waals surface area contributed by atoms with Crippen LogP contribution in [0.4, 0.5) is 5.69 Å². The van der Waals surface area contributed by atoms with E-state index in [1.807, 2.05) is 0 Å². The third-order valence-corrected chi connectivity index (χ3v) is 5.32. The van der Waals surface area contributed by atoms with Crippen LogP contribution in [-0.4, -0.2) is 14.8 Å². The molecule has 1 heterocycles. The molecule has 0 spiro atoms. The van der Waals surface area contributed by atoms with Gasteiger partial charge in [-0.15, -0.1) is 0 Å². The van der Waals surface area contributed by atoms with E-state index in [1.165, 1.54) is 28.7 Å². The molecule has 0 unspecified atom stereocenters. The molecule has 0 atom stereocenters. The molecule has 14 heavy (non-hydrogen) atoms. The number of halogens is 1. The van der Waals surface area contributed by atoms with E-state index in [4.69, 9.17) is 0 Å². The van der Waals surface area contributed by atoms with Gasteiger partial charge in [-0.1, -0.05) is 35.6 Å². The Morgan fingerprint density at radius 2 is 2.00 bits per heavy atom. The predicted molar refractivity (Wildman–Crippen MR) is 68.5 cm³/mol. The molecule has 1 aliphatic heterocycles. The van der Waals surface area contributed by atoms with E-state index in [0.29, 0.717) is 0 Å². The monoisotopic (exact) mass is 269 g/mol. The van der Waals surface area contributed by atoms with Gasteiger partial charge >= 0.3 is 0 Å². The fourth-order valence-corrected chi connectivity index (χ4v) is 4.20. The van der Waals surface area contributed by atoms with Crippen molar-refractivity contribution in [1.29, 1.82) is 0 Å². The molecule has 1 aromatic rings. The minimum atomic E-state index is -1.17. The Bertz CT molecular complexity index is 357. The second kappa shape index (κ2) is 3.38. The van der Waals surface area contributed by atoms with Gasteiger partial charge in [0, 0.05) is 16.7 Å². The first kappa shape index (κ1) is 10.2. The third kappa shape index (κ3) is 1.75. The van der Waals surface area contributed by atoms with Gasteiger partial charge in [0.2, 0.25) is 0 Å². The van der Waals surface area contributed by atoms with Crippen molar-refractivity contribution < 1.29 is 0 Å².